The quantitative estimate of drug-likeness (QED) is 0.777. The van der Waals surface area contributed by atoms with Gasteiger partial charge >= 0.3 is 0 Å². The maximum Gasteiger partial charge on any atom is 0.147 e. The van der Waals surface area contributed by atoms with E-state index in [0.717, 1.165) is 31.1 Å². The number of nitrogens with one attached hydrogen (secondary N) is 2. The van der Waals surface area contributed by atoms with Crippen LogP contribution in [0.25, 0.3) is 0 Å². The van der Waals surface area contributed by atoms with E-state index < -0.39 is 0 Å². The fourth-order valence-electron chi connectivity index (χ4n) is 1.25. The molecule has 0 atom stereocenters. The Morgan fingerprint density at radius 1 is 1.17 bits per heavy atom. The van der Waals surface area contributed by atoms with Crippen LogP contribution in [-0.2, 0) is 0 Å². The van der Waals surface area contributed by atoms with Crippen LogP contribution in [0.15, 0.2) is 12.4 Å². The Balaban J connectivity index is 2.57. The van der Waals surface area contributed by atoms with Gasteiger partial charge in [-0.2, -0.15) is 0 Å². The van der Waals surface area contributed by atoms with Crippen LogP contribution in [0.4, 0.5) is 11.6 Å². The predicted molar refractivity (Wildman–Crippen MR) is 77.1 cm³/mol. The monoisotopic (exact) mass is 251 g/mol. The first-order chi connectivity index (χ1) is 8.45. The molecule has 0 bridgehead atoms. The van der Waals surface area contributed by atoms with Gasteiger partial charge < -0.3 is 15.5 Å². The van der Waals surface area contributed by atoms with Crippen molar-refractivity contribution in [2.24, 2.45) is 0 Å². The van der Waals surface area contributed by atoms with Crippen LogP contribution in [0.1, 0.15) is 27.2 Å². The topological polar surface area (TPSA) is 53.1 Å². The van der Waals surface area contributed by atoms with Crippen molar-refractivity contribution in [1.82, 2.24) is 14.9 Å². The maximum absolute atomic E-state index is 4.47. The summed E-state index contributed by atoms with van der Waals surface area (Å²) >= 11 is 0. The van der Waals surface area contributed by atoms with E-state index in [0.29, 0.717) is 0 Å². The van der Waals surface area contributed by atoms with E-state index in [1.54, 1.807) is 12.4 Å². The molecule has 1 aromatic heterocycles. The highest BCUT2D eigenvalue weighted by molar-refractivity contribution is 5.41. The average molecular weight is 251 g/mol. The van der Waals surface area contributed by atoms with Crippen molar-refractivity contribution < 1.29 is 0 Å². The van der Waals surface area contributed by atoms with Gasteiger partial charge in [-0.25, -0.2) is 4.98 Å². The zero-order valence-corrected chi connectivity index (χ0v) is 12.1. The molecule has 0 spiro atoms. The standard InChI is InChI=1S/C13H25N5/c1-6-7-15-11-8-14-9-12(17-11)16-10-13(2,3)18(4)5/h8-9H,6-7,10H2,1-5H3,(H2,15,16,17). The Bertz CT molecular complexity index is 362. The van der Waals surface area contributed by atoms with Crippen LogP contribution in [-0.4, -0.2) is 47.6 Å². The molecular formula is C13H25N5. The first kappa shape index (κ1) is 14.7. The molecule has 0 fully saturated rings. The summed E-state index contributed by atoms with van der Waals surface area (Å²) in [4.78, 5) is 10.8. The van der Waals surface area contributed by atoms with Gasteiger partial charge in [-0.1, -0.05) is 6.92 Å². The Kier molecular flexibility index (Phi) is 5.34. The van der Waals surface area contributed by atoms with Gasteiger partial charge in [-0.15, -0.1) is 0 Å². The number of nitrogens with zero attached hydrogens (tertiary/aromatic N) is 3. The highest BCUT2D eigenvalue weighted by atomic mass is 15.2. The molecular weight excluding hydrogens is 226 g/mol. The molecule has 5 nitrogen and oxygen atoms in total. The number of likely N-dealkylation sites (N-methyl/N-ethyl adjacent to an activating group) is 1. The van der Waals surface area contributed by atoms with E-state index in [2.05, 4.69) is 60.4 Å². The molecule has 0 aromatic carbocycles. The second-order valence-electron chi connectivity index (χ2n) is 5.28. The Morgan fingerprint density at radius 3 is 2.33 bits per heavy atom. The van der Waals surface area contributed by atoms with Crippen LogP contribution < -0.4 is 10.6 Å². The van der Waals surface area contributed by atoms with Gasteiger partial charge in [0.25, 0.3) is 0 Å². The summed E-state index contributed by atoms with van der Waals surface area (Å²) in [6, 6.07) is 0. The van der Waals surface area contributed by atoms with E-state index in [1.165, 1.54) is 0 Å². The minimum absolute atomic E-state index is 0.0779. The zero-order valence-electron chi connectivity index (χ0n) is 12.1. The Morgan fingerprint density at radius 2 is 1.78 bits per heavy atom. The largest absolute Gasteiger partial charge is 0.369 e. The van der Waals surface area contributed by atoms with Gasteiger partial charge in [-0.3, -0.25) is 4.98 Å². The van der Waals surface area contributed by atoms with Crippen molar-refractivity contribution in [3.63, 3.8) is 0 Å². The van der Waals surface area contributed by atoms with Crippen LogP contribution in [0.3, 0.4) is 0 Å². The normalized spacial score (nSPS) is 11.7. The predicted octanol–water partition coefficient (Wildman–Crippen LogP) is 2.05. The van der Waals surface area contributed by atoms with E-state index >= 15 is 0 Å². The molecule has 1 rings (SSSR count). The molecule has 0 saturated carbocycles. The third-order valence-corrected chi connectivity index (χ3v) is 3.10. The second-order valence-corrected chi connectivity index (χ2v) is 5.28. The molecule has 5 heteroatoms. The molecule has 0 amide bonds. The van der Waals surface area contributed by atoms with Crippen molar-refractivity contribution in [3.8, 4) is 0 Å². The van der Waals surface area contributed by atoms with Crippen LogP contribution in [0, 0.1) is 0 Å². The molecule has 1 heterocycles. The van der Waals surface area contributed by atoms with Gasteiger partial charge in [0.2, 0.25) is 0 Å². The minimum atomic E-state index is 0.0779. The Hall–Kier alpha value is -1.36. The summed E-state index contributed by atoms with van der Waals surface area (Å²) in [6.45, 7) is 8.24. The van der Waals surface area contributed by atoms with Crippen molar-refractivity contribution in [2.45, 2.75) is 32.7 Å². The second kappa shape index (κ2) is 6.54. The molecule has 0 radical (unpaired) electrons. The summed E-state index contributed by atoms with van der Waals surface area (Å²) < 4.78 is 0. The number of hydrogen-bond acceptors (Lipinski definition) is 5. The number of rotatable bonds is 7. The van der Waals surface area contributed by atoms with Gasteiger partial charge in [0.1, 0.15) is 11.6 Å². The summed E-state index contributed by atoms with van der Waals surface area (Å²) in [7, 11) is 4.15. The third-order valence-electron chi connectivity index (χ3n) is 3.10. The Labute approximate surface area is 110 Å². The SMILES string of the molecule is CCCNc1cncc(NCC(C)(C)N(C)C)n1. The number of hydrogen-bond donors (Lipinski definition) is 2. The van der Waals surface area contributed by atoms with Crippen LogP contribution >= 0.6 is 0 Å². The van der Waals surface area contributed by atoms with Crippen LogP contribution in [0.2, 0.25) is 0 Å². The third kappa shape index (κ3) is 4.49. The van der Waals surface area contributed by atoms with E-state index in [-0.39, 0.29) is 5.54 Å². The highest BCUT2D eigenvalue weighted by Gasteiger charge is 2.19. The fourth-order valence-corrected chi connectivity index (χ4v) is 1.25. The lowest BCUT2D eigenvalue weighted by atomic mass is 10.0. The maximum atomic E-state index is 4.47. The van der Waals surface area contributed by atoms with Gasteiger partial charge in [0.15, 0.2) is 0 Å². The van der Waals surface area contributed by atoms with Crippen LogP contribution in [0.5, 0.6) is 0 Å². The van der Waals surface area contributed by atoms with Gasteiger partial charge in [0.05, 0.1) is 12.4 Å². The molecule has 1 aromatic rings. The van der Waals surface area contributed by atoms with Crippen molar-refractivity contribution in [2.75, 3.05) is 37.8 Å². The highest BCUT2D eigenvalue weighted by Crippen LogP contribution is 2.12. The molecule has 0 aliphatic heterocycles. The zero-order chi connectivity index (χ0) is 13.6. The van der Waals surface area contributed by atoms with Crippen molar-refractivity contribution in [3.05, 3.63) is 12.4 Å². The molecule has 0 aliphatic rings. The summed E-state index contributed by atoms with van der Waals surface area (Å²) in [5, 5.41) is 6.56. The molecule has 2 N–H and O–H groups in total. The van der Waals surface area contributed by atoms with Crippen molar-refractivity contribution in [1.29, 1.82) is 0 Å². The first-order valence-corrected chi connectivity index (χ1v) is 6.43. The number of aromatic nitrogens is 2. The van der Waals surface area contributed by atoms with Crippen molar-refractivity contribution >= 4 is 11.6 Å². The van der Waals surface area contributed by atoms with E-state index in [4.69, 9.17) is 0 Å². The average Bonchev–Trinajstić information content (AvgIpc) is 2.34. The summed E-state index contributed by atoms with van der Waals surface area (Å²) in [5.74, 6) is 1.63. The minimum Gasteiger partial charge on any atom is -0.369 e. The fraction of sp³-hybridized carbons (Fsp3) is 0.692. The molecule has 18 heavy (non-hydrogen) atoms. The lowest BCUT2D eigenvalue weighted by Gasteiger charge is -2.32. The summed E-state index contributed by atoms with van der Waals surface area (Å²) in [6.07, 6.45) is 4.58. The smallest absolute Gasteiger partial charge is 0.147 e. The molecule has 102 valence electrons. The molecule has 0 saturated heterocycles. The first-order valence-electron chi connectivity index (χ1n) is 6.43. The van der Waals surface area contributed by atoms with E-state index in [9.17, 15) is 0 Å². The lowest BCUT2D eigenvalue weighted by Crippen LogP contribution is -2.44. The number of anilines is 2. The molecule has 0 unspecified atom stereocenters. The molecule has 0 aliphatic carbocycles. The summed E-state index contributed by atoms with van der Waals surface area (Å²) in [5.41, 5.74) is 0.0779. The van der Waals surface area contributed by atoms with Gasteiger partial charge in [-0.05, 0) is 34.4 Å². The lowest BCUT2D eigenvalue weighted by molar-refractivity contribution is 0.210. The van der Waals surface area contributed by atoms with Gasteiger partial charge in [0, 0.05) is 18.6 Å². The van der Waals surface area contributed by atoms with E-state index in [1.807, 2.05) is 0 Å².